The van der Waals surface area contributed by atoms with Gasteiger partial charge in [-0.3, -0.25) is 0 Å². The number of nitrogens with one attached hydrogen (secondary N) is 4. The van der Waals surface area contributed by atoms with Crippen LogP contribution >= 0.6 is 0 Å². The molecule has 4 heteroatoms. The molecule has 4 nitrogen and oxygen atoms in total. The number of hydrogen-bond acceptors (Lipinski definition) is 4. The molecule has 0 unspecified atom stereocenters. The van der Waals surface area contributed by atoms with Gasteiger partial charge < -0.3 is 21.3 Å². The van der Waals surface area contributed by atoms with Crippen LogP contribution in [0.4, 0.5) is 0 Å². The van der Waals surface area contributed by atoms with Crippen molar-refractivity contribution in [1.82, 2.24) is 21.3 Å². The summed E-state index contributed by atoms with van der Waals surface area (Å²) in [4.78, 5) is 0. The molecule has 1 radical (unpaired) electrons. The van der Waals surface area contributed by atoms with Gasteiger partial charge in [-0.15, -0.1) is 0 Å². The zero-order valence-corrected chi connectivity index (χ0v) is 18.6. The van der Waals surface area contributed by atoms with Gasteiger partial charge in [0.15, 0.2) is 0 Å². The van der Waals surface area contributed by atoms with Gasteiger partial charge >= 0.3 is 0 Å². The molecule has 1 saturated heterocycles. The molecule has 0 bridgehead atoms. The molecule has 0 aromatic rings. The molecule has 0 saturated carbocycles. The van der Waals surface area contributed by atoms with Crippen LogP contribution in [0.25, 0.3) is 0 Å². The predicted octanol–water partition coefficient (Wildman–Crippen LogP) is 4.27. The molecule has 4 N–H and O–H groups in total. The first kappa shape index (κ1) is 26.8. The lowest BCUT2D eigenvalue weighted by Gasteiger charge is -2.11. The van der Waals surface area contributed by atoms with E-state index in [1.54, 1.807) is 0 Å². The monoisotopic (exact) mass is 383 g/mol. The van der Waals surface area contributed by atoms with Crippen LogP contribution in [0.5, 0.6) is 0 Å². The first-order chi connectivity index (χ1) is 13.4. The molecule has 27 heavy (non-hydrogen) atoms. The summed E-state index contributed by atoms with van der Waals surface area (Å²) in [7, 11) is 0. The summed E-state index contributed by atoms with van der Waals surface area (Å²) in [5, 5.41) is 13.4. The molecule has 0 aromatic carbocycles. The van der Waals surface area contributed by atoms with Gasteiger partial charge in [-0.2, -0.15) is 0 Å². The zero-order chi connectivity index (χ0) is 19.7. The van der Waals surface area contributed by atoms with Crippen molar-refractivity contribution in [3.05, 3.63) is 6.92 Å². The molecular weight excluding hydrogens is 332 g/mol. The van der Waals surface area contributed by atoms with Gasteiger partial charge in [0.25, 0.3) is 0 Å². The van der Waals surface area contributed by atoms with Gasteiger partial charge in [0.05, 0.1) is 0 Å². The van der Waals surface area contributed by atoms with E-state index in [-0.39, 0.29) is 0 Å². The fraction of sp³-hybridized carbons (Fsp3) is 0.957. The lowest BCUT2D eigenvalue weighted by atomic mass is 10.1. The Balaban J connectivity index is 0.000000511. The molecule has 1 fully saturated rings. The number of hydrogen-bond donors (Lipinski definition) is 4. The predicted molar refractivity (Wildman–Crippen MR) is 123 cm³/mol. The minimum Gasteiger partial charge on any atom is -0.314 e. The molecular formula is C23H51N4. The highest BCUT2D eigenvalue weighted by molar-refractivity contribution is 4.59. The Bertz CT molecular complexity index is 194. The minimum atomic E-state index is 1.07. The Morgan fingerprint density at radius 3 is 0.963 bits per heavy atom. The third kappa shape index (κ3) is 25.8. The van der Waals surface area contributed by atoms with Gasteiger partial charge in [-0.1, -0.05) is 97.3 Å². The van der Waals surface area contributed by atoms with Gasteiger partial charge in [-0.05, 0) is 0 Å². The molecule has 0 spiro atoms. The summed E-state index contributed by atoms with van der Waals surface area (Å²) in [6.07, 6.45) is 18.3. The van der Waals surface area contributed by atoms with Gasteiger partial charge in [0.2, 0.25) is 0 Å². The number of unbranched alkanes of at least 4 members (excludes halogenated alkanes) is 12. The quantitative estimate of drug-likeness (QED) is 0.380. The van der Waals surface area contributed by atoms with Gasteiger partial charge in [-0.25, -0.2) is 0 Å². The van der Waals surface area contributed by atoms with Crippen molar-refractivity contribution < 1.29 is 0 Å². The van der Waals surface area contributed by atoms with Crippen LogP contribution in [-0.2, 0) is 0 Å². The zero-order valence-electron chi connectivity index (χ0n) is 18.6. The Kier molecular flexibility index (Phi) is 25.7. The maximum Gasteiger partial charge on any atom is 0.00772 e. The maximum atomic E-state index is 3.87. The van der Waals surface area contributed by atoms with Crippen LogP contribution in [0.3, 0.4) is 0 Å². The summed E-state index contributed by atoms with van der Waals surface area (Å²) in [6, 6.07) is 0. The van der Waals surface area contributed by atoms with Crippen LogP contribution < -0.4 is 21.3 Å². The van der Waals surface area contributed by atoms with Crippen molar-refractivity contribution in [2.24, 2.45) is 0 Å². The average molecular weight is 384 g/mol. The molecule has 0 aliphatic carbocycles. The molecule has 0 aromatic heterocycles. The third-order valence-corrected chi connectivity index (χ3v) is 5.02. The second-order valence-corrected chi connectivity index (χ2v) is 7.74. The van der Waals surface area contributed by atoms with E-state index < -0.39 is 0 Å². The van der Waals surface area contributed by atoms with E-state index >= 15 is 0 Å². The summed E-state index contributed by atoms with van der Waals surface area (Å²) in [5.74, 6) is 0. The van der Waals surface area contributed by atoms with E-state index in [2.05, 4.69) is 35.1 Å². The molecule has 1 rings (SSSR count). The smallest absolute Gasteiger partial charge is 0.00772 e. The molecule has 0 atom stereocenters. The Hall–Kier alpha value is -0.160. The standard InChI is InChI=1S/C15H31.C8H20N4/c1-3-5-7-9-11-13-15-14-12-10-8-6-4-2;1-2-10-5-6-12-8-7-11-4-3-9-1/h1,3-15H2,2H3;9-12H,1-8H2. The lowest BCUT2D eigenvalue weighted by Crippen LogP contribution is -2.39. The molecule has 0 amide bonds. The summed E-state index contributed by atoms with van der Waals surface area (Å²) >= 11 is 0. The maximum absolute atomic E-state index is 3.87. The van der Waals surface area contributed by atoms with Crippen LogP contribution in [0.2, 0.25) is 0 Å². The molecule has 1 heterocycles. The van der Waals surface area contributed by atoms with Crippen molar-refractivity contribution in [3.8, 4) is 0 Å². The molecule has 163 valence electrons. The fourth-order valence-electron chi connectivity index (χ4n) is 3.22. The Labute approximate surface area is 171 Å². The highest BCUT2D eigenvalue weighted by atomic mass is 15.0. The average Bonchev–Trinajstić information content (AvgIpc) is 2.67. The SMILES string of the molecule is C1CNCCNCCNCCN1.[CH2]CCCCCCCCCCCCCC. The minimum absolute atomic E-state index is 1.07. The van der Waals surface area contributed by atoms with E-state index in [9.17, 15) is 0 Å². The van der Waals surface area contributed by atoms with Crippen LogP contribution in [-0.4, -0.2) is 52.4 Å². The second kappa shape index (κ2) is 25.8. The largest absolute Gasteiger partial charge is 0.314 e. The normalized spacial score (nSPS) is 16.7. The topological polar surface area (TPSA) is 48.1 Å². The van der Waals surface area contributed by atoms with E-state index in [4.69, 9.17) is 0 Å². The van der Waals surface area contributed by atoms with E-state index in [0.717, 1.165) is 58.8 Å². The first-order valence-corrected chi connectivity index (χ1v) is 12.0. The van der Waals surface area contributed by atoms with E-state index in [0.29, 0.717) is 0 Å². The molecule has 1 aliphatic heterocycles. The fourth-order valence-corrected chi connectivity index (χ4v) is 3.22. The van der Waals surface area contributed by atoms with E-state index in [1.807, 2.05) is 0 Å². The molecule has 1 aliphatic rings. The highest BCUT2D eigenvalue weighted by Gasteiger charge is 1.93. The second-order valence-electron chi connectivity index (χ2n) is 7.74. The Morgan fingerprint density at radius 2 is 0.704 bits per heavy atom. The summed E-state index contributed by atoms with van der Waals surface area (Å²) in [6.45, 7) is 14.7. The number of rotatable bonds is 12. The van der Waals surface area contributed by atoms with Crippen LogP contribution in [0.1, 0.15) is 90.4 Å². The summed E-state index contributed by atoms with van der Waals surface area (Å²) in [5.41, 5.74) is 0. The van der Waals surface area contributed by atoms with Crippen molar-refractivity contribution in [1.29, 1.82) is 0 Å². The van der Waals surface area contributed by atoms with Crippen molar-refractivity contribution in [3.63, 3.8) is 0 Å². The first-order valence-electron chi connectivity index (χ1n) is 12.0. The Morgan fingerprint density at radius 1 is 0.444 bits per heavy atom. The third-order valence-electron chi connectivity index (χ3n) is 5.02. The van der Waals surface area contributed by atoms with Gasteiger partial charge in [0, 0.05) is 52.4 Å². The summed E-state index contributed by atoms with van der Waals surface area (Å²) < 4.78 is 0. The lowest BCUT2D eigenvalue weighted by molar-refractivity contribution is 0.534. The van der Waals surface area contributed by atoms with Gasteiger partial charge in [0.1, 0.15) is 0 Å². The van der Waals surface area contributed by atoms with Crippen molar-refractivity contribution in [2.75, 3.05) is 52.4 Å². The van der Waals surface area contributed by atoms with Crippen LogP contribution in [0.15, 0.2) is 0 Å². The van der Waals surface area contributed by atoms with E-state index in [1.165, 1.54) is 77.0 Å². The van der Waals surface area contributed by atoms with Crippen molar-refractivity contribution in [2.45, 2.75) is 90.4 Å². The van der Waals surface area contributed by atoms with Crippen LogP contribution in [0, 0.1) is 6.92 Å². The highest BCUT2D eigenvalue weighted by Crippen LogP contribution is 2.12. The van der Waals surface area contributed by atoms with Crippen molar-refractivity contribution >= 4 is 0 Å².